The number of hydrogen-bond acceptors (Lipinski definition) is 7. The molecule has 1 aromatic rings. The largest absolute Gasteiger partial charge is 0.451 e. The van der Waals surface area contributed by atoms with E-state index in [0.717, 1.165) is 0 Å². The quantitative estimate of drug-likeness (QED) is 0.388. The summed E-state index contributed by atoms with van der Waals surface area (Å²) in [5, 5.41) is 6.97. The zero-order valence-corrected chi connectivity index (χ0v) is 21.2. The van der Waals surface area contributed by atoms with Gasteiger partial charge < -0.3 is 15.4 Å². The molecule has 4 amide bonds. The molecule has 0 aliphatic rings. The van der Waals surface area contributed by atoms with Crippen molar-refractivity contribution in [3.05, 3.63) is 29.8 Å². The molecular weight excluding hydrogens is 464 g/mol. The lowest BCUT2D eigenvalue weighted by atomic mass is 10.0. The van der Waals surface area contributed by atoms with Gasteiger partial charge in [0.15, 0.2) is 6.10 Å². The number of nitrogens with one attached hydrogen (secondary N) is 3. The highest BCUT2D eigenvalue weighted by molar-refractivity contribution is 7.89. The van der Waals surface area contributed by atoms with Crippen molar-refractivity contribution in [1.82, 2.24) is 20.3 Å². The van der Waals surface area contributed by atoms with Crippen molar-refractivity contribution >= 4 is 33.8 Å². The van der Waals surface area contributed by atoms with Crippen LogP contribution in [0.3, 0.4) is 0 Å². The summed E-state index contributed by atoms with van der Waals surface area (Å²) in [7, 11) is -3.77. The minimum absolute atomic E-state index is 0.0387. The topological polar surface area (TPSA) is 151 Å². The number of rotatable bonds is 11. The van der Waals surface area contributed by atoms with Crippen LogP contribution in [-0.4, -0.2) is 68.3 Å². The molecule has 190 valence electrons. The predicted molar refractivity (Wildman–Crippen MR) is 125 cm³/mol. The van der Waals surface area contributed by atoms with Gasteiger partial charge in [-0.05, 0) is 38.0 Å². The number of ether oxygens (including phenoxy) is 1. The van der Waals surface area contributed by atoms with E-state index >= 15 is 0 Å². The molecule has 0 aliphatic carbocycles. The van der Waals surface area contributed by atoms with Crippen LogP contribution in [0.1, 0.15) is 51.9 Å². The first kappa shape index (κ1) is 29.0. The van der Waals surface area contributed by atoms with Gasteiger partial charge in [-0.3, -0.25) is 14.9 Å². The Morgan fingerprint density at radius 3 is 2.18 bits per heavy atom. The summed E-state index contributed by atoms with van der Waals surface area (Å²) in [5.74, 6) is -2.76. The van der Waals surface area contributed by atoms with Crippen LogP contribution < -0.4 is 16.0 Å². The number of hydrogen-bond donors (Lipinski definition) is 3. The number of benzene rings is 1. The van der Waals surface area contributed by atoms with Gasteiger partial charge in [-0.25, -0.2) is 18.0 Å². The molecule has 0 saturated heterocycles. The molecule has 1 unspecified atom stereocenters. The van der Waals surface area contributed by atoms with Gasteiger partial charge in [-0.2, -0.15) is 4.31 Å². The number of carbonyl (C=O) groups is 4. The fraction of sp³-hybridized carbons (Fsp3) is 0.545. The Hall–Kier alpha value is -2.99. The minimum atomic E-state index is -3.77. The van der Waals surface area contributed by atoms with Crippen molar-refractivity contribution in [2.75, 3.05) is 19.6 Å². The molecule has 1 aromatic carbocycles. The van der Waals surface area contributed by atoms with Crippen LogP contribution >= 0.6 is 0 Å². The fourth-order valence-corrected chi connectivity index (χ4v) is 4.46. The first-order valence-electron chi connectivity index (χ1n) is 11.1. The van der Waals surface area contributed by atoms with E-state index in [9.17, 15) is 27.6 Å². The lowest BCUT2D eigenvalue weighted by Gasteiger charge is -2.23. The molecule has 3 N–H and O–H groups in total. The summed E-state index contributed by atoms with van der Waals surface area (Å²) >= 11 is 0. The van der Waals surface area contributed by atoms with Gasteiger partial charge in [0.25, 0.3) is 11.8 Å². The molecule has 0 saturated carbocycles. The van der Waals surface area contributed by atoms with E-state index in [1.807, 2.05) is 5.32 Å². The SMILES string of the molecule is CCNC(=O)NC(=O)C(C)OC(=O)[C@@H](NC(=O)c1cccc(S(=O)(=O)N(CC)CC)c1)C(C)C. The first-order valence-corrected chi connectivity index (χ1v) is 12.5. The van der Waals surface area contributed by atoms with E-state index in [4.69, 9.17) is 4.74 Å². The smallest absolute Gasteiger partial charge is 0.329 e. The number of urea groups is 1. The maximum Gasteiger partial charge on any atom is 0.329 e. The van der Waals surface area contributed by atoms with Crippen LogP contribution in [0, 0.1) is 5.92 Å². The monoisotopic (exact) mass is 498 g/mol. The molecule has 0 heterocycles. The van der Waals surface area contributed by atoms with Gasteiger partial charge in [0.1, 0.15) is 6.04 Å². The van der Waals surface area contributed by atoms with E-state index in [1.165, 1.54) is 35.5 Å². The van der Waals surface area contributed by atoms with Gasteiger partial charge in [0, 0.05) is 25.2 Å². The number of imide groups is 1. The fourth-order valence-electron chi connectivity index (χ4n) is 2.95. The maximum atomic E-state index is 12.8. The average molecular weight is 499 g/mol. The lowest BCUT2D eigenvalue weighted by molar-refractivity contribution is -0.157. The summed E-state index contributed by atoms with van der Waals surface area (Å²) in [6.07, 6.45) is -1.28. The van der Waals surface area contributed by atoms with Crippen LogP contribution in [0.2, 0.25) is 0 Å². The Kier molecular flexibility index (Phi) is 11.1. The molecule has 1 rings (SSSR count). The predicted octanol–water partition coefficient (Wildman–Crippen LogP) is 1.25. The van der Waals surface area contributed by atoms with E-state index in [-0.39, 0.29) is 23.5 Å². The standard InChI is InChI=1S/C22H34N4O7S/c1-7-23-22(30)25-19(27)15(6)33-21(29)18(14(4)5)24-20(28)16-11-10-12-17(13-16)34(31,32)26(8-2)9-3/h10-15,18H,7-9H2,1-6H3,(H,24,28)(H2,23,25,27,30)/t15?,18-/m0/s1. The van der Waals surface area contributed by atoms with Gasteiger partial charge in [0.05, 0.1) is 4.90 Å². The lowest BCUT2D eigenvalue weighted by Crippen LogP contribution is -2.49. The number of nitrogens with zero attached hydrogens (tertiary/aromatic N) is 1. The Labute approximate surface area is 200 Å². The number of esters is 1. The highest BCUT2D eigenvalue weighted by Gasteiger charge is 2.30. The van der Waals surface area contributed by atoms with Crippen molar-refractivity contribution in [2.24, 2.45) is 5.92 Å². The van der Waals surface area contributed by atoms with E-state index < -0.39 is 51.9 Å². The van der Waals surface area contributed by atoms with Crippen molar-refractivity contribution in [1.29, 1.82) is 0 Å². The summed E-state index contributed by atoms with van der Waals surface area (Å²) in [6, 6.07) is 3.68. The second-order valence-electron chi connectivity index (χ2n) is 7.74. The average Bonchev–Trinajstić information content (AvgIpc) is 2.77. The Morgan fingerprint density at radius 2 is 1.65 bits per heavy atom. The van der Waals surface area contributed by atoms with Gasteiger partial charge in [-0.1, -0.05) is 33.8 Å². The third-order valence-electron chi connectivity index (χ3n) is 4.88. The molecule has 2 atom stereocenters. The maximum absolute atomic E-state index is 12.8. The number of amides is 4. The highest BCUT2D eigenvalue weighted by atomic mass is 32.2. The summed E-state index contributed by atoms with van der Waals surface area (Å²) in [4.78, 5) is 49.0. The molecule has 0 fully saturated rings. The summed E-state index contributed by atoms with van der Waals surface area (Å²) in [6.45, 7) is 10.6. The third-order valence-corrected chi connectivity index (χ3v) is 6.93. The first-order chi connectivity index (χ1) is 15.9. The van der Waals surface area contributed by atoms with Crippen molar-refractivity contribution in [3.8, 4) is 0 Å². The molecular formula is C22H34N4O7S. The molecule has 0 radical (unpaired) electrons. The second-order valence-corrected chi connectivity index (χ2v) is 9.68. The Balaban J connectivity index is 2.98. The van der Waals surface area contributed by atoms with Crippen molar-refractivity contribution in [3.63, 3.8) is 0 Å². The molecule has 34 heavy (non-hydrogen) atoms. The van der Waals surface area contributed by atoms with Crippen molar-refractivity contribution in [2.45, 2.75) is 58.6 Å². The van der Waals surface area contributed by atoms with Crippen LogP contribution in [-0.2, 0) is 24.3 Å². The van der Waals surface area contributed by atoms with Gasteiger partial charge in [-0.15, -0.1) is 0 Å². The molecule has 0 spiro atoms. The molecule has 0 aromatic heterocycles. The van der Waals surface area contributed by atoms with Gasteiger partial charge >= 0.3 is 12.0 Å². The van der Waals surface area contributed by atoms with Gasteiger partial charge in [0.2, 0.25) is 10.0 Å². The minimum Gasteiger partial charge on any atom is -0.451 e. The zero-order valence-electron chi connectivity index (χ0n) is 20.4. The molecule has 11 nitrogen and oxygen atoms in total. The van der Waals surface area contributed by atoms with Crippen LogP contribution in [0.4, 0.5) is 4.79 Å². The van der Waals surface area contributed by atoms with Crippen LogP contribution in [0.25, 0.3) is 0 Å². The molecule has 0 aliphatic heterocycles. The van der Waals surface area contributed by atoms with Crippen LogP contribution in [0.15, 0.2) is 29.2 Å². The number of carbonyl (C=O) groups excluding carboxylic acids is 4. The second kappa shape index (κ2) is 13.0. The summed E-state index contributed by atoms with van der Waals surface area (Å²) < 4.78 is 31.9. The zero-order chi connectivity index (χ0) is 26.1. The third kappa shape index (κ3) is 7.80. The highest BCUT2D eigenvalue weighted by Crippen LogP contribution is 2.17. The van der Waals surface area contributed by atoms with E-state index in [2.05, 4.69) is 10.6 Å². The van der Waals surface area contributed by atoms with E-state index in [1.54, 1.807) is 34.6 Å². The van der Waals surface area contributed by atoms with Crippen molar-refractivity contribution < 1.29 is 32.3 Å². The summed E-state index contributed by atoms with van der Waals surface area (Å²) in [5.41, 5.74) is 0.0497. The normalized spacial score (nSPS) is 13.2. The Bertz CT molecular complexity index is 991. The molecule has 0 bridgehead atoms. The molecule has 12 heteroatoms. The number of sulfonamides is 1. The van der Waals surface area contributed by atoms with Crippen LogP contribution in [0.5, 0.6) is 0 Å². The Morgan fingerprint density at radius 1 is 1.03 bits per heavy atom. The van der Waals surface area contributed by atoms with E-state index in [0.29, 0.717) is 6.54 Å².